The predicted octanol–water partition coefficient (Wildman–Crippen LogP) is 1.98. The van der Waals surface area contributed by atoms with E-state index < -0.39 is 0 Å². The molecule has 6 nitrogen and oxygen atoms in total. The van der Waals surface area contributed by atoms with Crippen molar-refractivity contribution in [1.82, 2.24) is 25.2 Å². The summed E-state index contributed by atoms with van der Waals surface area (Å²) in [6.07, 6.45) is 3.37. The van der Waals surface area contributed by atoms with Crippen molar-refractivity contribution in [2.45, 2.75) is 13.5 Å². The first-order valence-electron chi connectivity index (χ1n) is 6.31. The van der Waals surface area contributed by atoms with Gasteiger partial charge in [-0.05, 0) is 47.2 Å². The molecule has 20 heavy (non-hydrogen) atoms. The number of rotatable bonds is 4. The van der Waals surface area contributed by atoms with Crippen molar-refractivity contribution in [3.05, 3.63) is 60.2 Å². The van der Waals surface area contributed by atoms with Gasteiger partial charge >= 0.3 is 0 Å². The van der Waals surface area contributed by atoms with Gasteiger partial charge in [-0.15, -0.1) is 5.10 Å². The number of aromatic nitrogens is 5. The Balaban J connectivity index is 1.80. The van der Waals surface area contributed by atoms with Crippen LogP contribution >= 0.6 is 0 Å². The van der Waals surface area contributed by atoms with Crippen LogP contribution in [0.1, 0.15) is 11.3 Å². The summed E-state index contributed by atoms with van der Waals surface area (Å²) in [5, 5.41) is 14.6. The third-order valence-corrected chi connectivity index (χ3v) is 3.02. The fourth-order valence-corrected chi connectivity index (χ4v) is 1.91. The highest BCUT2D eigenvalue weighted by molar-refractivity contribution is 5.56. The largest absolute Gasteiger partial charge is 0.379 e. The van der Waals surface area contributed by atoms with Crippen molar-refractivity contribution in [3.63, 3.8) is 0 Å². The minimum atomic E-state index is 0.681. The molecule has 0 saturated heterocycles. The molecule has 0 saturated carbocycles. The van der Waals surface area contributed by atoms with E-state index in [0.717, 1.165) is 22.6 Å². The van der Waals surface area contributed by atoms with E-state index in [1.54, 1.807) is 17.2 Å². The summed E-state index contributed by atoms with van der Waals surface area (Å²) in [6, 6.07) is 11.9. The maximum atomic E-state index is 4.30. The Morgan fingerprint density at radius 2 is 2.15 bits per heavy atom. The van der Waals surface area contributed by atoms with Crippen molar-refractivity contribution >= 4 is 5.69 Å². The van der Waals surface area contributed by atoms with Gasteiger partial charge in [-0.2, -0.15) is 0 Å². The molecule has 0 unspecified atom stereocenters. The molecule has 100 valence electrons. The zero-order valence-corrected chi connectivity index (χ0v) is 11.1. The lowest BCUT2D eigenvalue weighted by Gasteiger charge is -2.11. The number of hydrogen-bond donors (Lipinski definition) is 1. The van der Waals surface area contributed by atoms with Gasteiger partial charge in [0.15, 0.2) is 0 Å². The Hall–Kier alpha value is -2.76. The normalized spacial score (nSPS) is 10.4. The predicted molar refractivity (Wildman–Crippen MR) is 75.5 cm³/mol. The fourth-order valence-electron chi connectivity index (χ4n) is 1.91. The van der Waals surface area contributed by atoms with Crippen LogP contribution in [0, 0.1) is 6.92 Å². The summed E-state index contributed by atoms with van der Waals surface area (Å²) in [5.74, 6) is 0. The van der Waals surface area contributed by atoms with Gasteiger partial charge < -0.3 is 5.32 Å². The minimum Gasteiger partial charge on any atom is -0.379 e. The van der Waals surface area contributed by atoms with Crippen molar-refractivity contribution in [2.75, 3.05) is 5.32 Å². The van der Waals surface area contributed by atoms with Gasteiger partial charge in [-0.1, -0.05) is 12.1 Å². The van der Waals surface area contributed by atoms with Gasteiger partial charge in [0.25, 0.3) is 0 Å². The molecule has 0 atom stereocenters. The highest BCUT2D eigenvalue weighted by Gasteiger charge is 2.03. The molecule has 0 radical (unpaired) electrons. The summed E-state index contributed by atoms with van der Waals surface area (Å²) in [6.45, 7) is 2.74. The summed E-state index contributed by atoms with van der Waals surface area (Å²) in [5.41, 5.74) is 4.13. The van der Waals surface area contributed by atoms with Crippen LogP contribution in [0.4, 0.5) is 5.69 Å². The zero-order chi connectivity index (χ0) is 13.8. The Morgan fingerprint density at radius 1 is 1.20 bits per heavy atom. The summed E-state index contributed by atoms with van der Waals surface area (Å²) in [7, 11) is 0. The lowest BCUT2D eigenvalue weighted by atomic mass is 10.1. The number of pyridine rings is 1. The van der Waals surface area contributed by atoms with Crippen LogP contribution in [0.2, 0.25) is 0 Å². The monoisotopic (exact) mass is 266 g/mol. The second kappa shape index (κ2) is 5.48. The molecule has 0 aliphatic rings. The van der Waals surface area contributed by atoms with Crippen LogP contribution in [-0.2, 0) is 6.54 Å². The van der Waals surface area contributed by atoms with Crippen LogP contribution in [0.3, 0.4) is 0 Å². The van der Waals surface area contributed by atoms with Crippen LogP contribution < -0.4 is 5.32 Å². The molecule has 0 bridgehead atoms. The van der Waals surface area contributed by atoms with Crippen molar-refractivity contribution in [1.29, 1.82) is 0 Å². The second-order valence-corrected chi connectivity index (χ2v) is 4.43. The number of benzene rings is 1. The number of nitrogens with one attached hydrogen (secondary N) is 1. The average molecular weight is 266 g/mol. The molecule has 1 aromatic carbocycles. The SMILES string of the molecule is Cc1ccc(-n2cnnn2)cc1NCc1ccccn1. The van der Waals surface area contributed by atoms with E-state index in [-0.39, 0.29) is 0 Å². The van der Waals surface area contributed by atoms with E-state index >= 15 is 0 Å². The molecule has 0 aliphatic heterocycles. The average Bonchev–Trinajstić information content (AvgIpc) is 3.02. The minimum absolute atomic E-state index is 0.681. The van der Waals surface area contributed by atoms with Crippen LogP contribution in [0.5, 0.6) is 0 Å². The molecule has 3 aromatic rings. The van der Waals surface area contributed by atoms with Gasteiger partial charge in [-0.25, -0.2) is 4.68 Å². The van der Waals surface area contributed by atoms with Gasteiger partial charge in [-0.3, -0.25) is 4.98 Å². The van der Waals surface area contributed by atoms with E-state index in [1.807, 2.05) is 36.4 Å². The maximum absolute atomic E-state index is 4.30. The van der Waals surface area contributed by atoms with E-state index in [9.17, 15) is 0 Å². The Bertz CT molecular complexity index is 678. The van der Waals surface area contributed by atoms with Gasteiger partial charge in [0.1, 0.15) is 6.33 Å². The maximum Gasteiger partial charge on any atom is 0.143 e. The number of aryl methyl sites for hydroxylation is 1. The molecule has 2 heterocycles. The summed E-state index contributed by atoms with van der Waals surface area (Å²) >= 11 is 0. The van der Waals surface area contributed by atoms with Crippen LogP contribution in [0.15, 0.2) is 48.9 Å². The van der Waals surface area contributed by atoms with Crippen molar-refractivity contribution in [3.8, 4) is 5.69 Å². The molecule has 0 spiro atoms. The summed E-state index contributed by atoms with van der Waals surface area (Å²) < 4.78 is 1.63. The second-order valence-electron chi connectivity index (χ2n) is 4.43. The topological polar surface area (TPSA) is 68.5 Å². The quantitative estimate of drug-likeness (QED) is 0.782. The smallest absolute Gasteiger partial charge is 0.143 e. The van der Waals surface area contributed by atoms with E-state index in [4.69, 9.17) is 0 Å². The number of nitrogens with zero attached hydrogens (tertiary/aromatic N) is 5. The fraction of sp³-hybridized carbons (Fsp3) is 0.143. The van der Waals surface area contributed by atoms with E-state index in [1.165, 1.54) is 0 Å². The van der Waals surface area contributed by atoms with E-state index in [2.05, 4.69) is 32.7 Å². The Kier molecular flexibility index (Phi) is 3.36. The lowest BCUT2D eigenvalue weighted by Crippen LogP contribution is -2.04. The van der Waals surface area contributed by atoms with Gasteiger partial charge in [0.05, 0.1) is 17.9 Å². The molecule has 0 aliphatic carbocycles. The van der Waals surface area contributed by atoms with Gasteiger partial charge in [0.2, 0.25) is 0 Å². The first kappa shape index (κ1) is 12.3. The molecular formula is C14H14N6. The first-order chi connectivity index (χ1) is 9.83. The molecule has 3 rings (SSSR count). The standard InChI is InChI=1S/C14H14N6/c1-11-5-6-13(20-10-17-18-19-20)8-14(11)16-9-12-4-2-3-7-15-12/h2-8,10,16H,9H2,1H3. The van der Waals surface area contributed by atoms with Gasteiger partial charge in [0, 0.05) is 11.9 Å². The summed E-state index contributed by atoms with van der Waals surface area (Å²) in [4.78, 5) is 4.30. The molecule has 1 N–H and O–H groups in total. The third kappa shape index (κ3) is 2.64. The van der Waals surface area contributed by atoms with Crippen LogP contribution in [-0.4, -0.2) is 25.2 Å². The first-order valence-corrected chi connectivity index (χ1v) is 6.31. The molecular weight excluding hydrogens is 252 g/mol. The van der Waals surface area contributed by atoms with Crippen LogP contribution in [0.25, 0.3) is 5.69 Å². The van der Waals surface area contributed by atoms with E-state index in [0.29, 0.717) is 6.54 Å². The third-order valence-electron chi connectivity index (χ3n) is 3.02. The molecule has 2 aromatic heterocycles. The van der Waals surface area contributed by atoms with Crippen molar-refractivity contribution < 1.29 is 0 Å². The highest BCUT2D eigenvalue weighted by atomic mass is 15.5. The number of anilines is 1. The molecule has 6 heteroatoms. The zero-order valence-electron chi connectivity index (χ0n) is 11.1. The van der Waals surface area contributed by atoms with Crippen molar-refractivity contribution in [2.24, 2.45) is 0 Å². The number of hydrogen-bond acceptors (Lipinski definition) is 5. The molecule has 0 amide bonds. The lowest BCUT2D eigenvalue weighted by molar-refractivity contribution is 0.789. The molecule has 0 fully saturated rings. The Labute approximate surface area is 116 Å². The Morgan fingerprint density at radius 3 is 2.90 bits per heavy atom. The number of tetrazole rings is 1. The highest BCUT2D eigenvalue weighted by Crippen LogP contribution is 2.19.